The number of aliphatic hydroxyl groups is 1. The van der Waals surface area contributed by atoms with Crippen LogP contribution in [-0.4, -0.2) is 50.0 Å². The number of aromatic amines is 1. The SMILES string of the molecule is COc1ccc2cc(CN3CCCC(c4nnc(CO)n4C)C3)c(=O)[nH]c2c1. The van der Waals surface area contributed by atoms with Gasteiger partial charge in [-0.3, -0.25) is 9.69 Å². The van der Waals surface area contributed by atoms with Crippen LogP contribution in [0, 0.1) is 0 Å². The van der Waals surface area contributed by atoms with Gasteiger partial charge in [0.2, 0.25) is 0 Å². The number of piperidine rings is 1. The van der Waals surface area contributed by atoms with Crippen molar-refractivity contribution in [3.05, 3.63) is 51.8 Å². The molecule has 148 valence electrons. The summed E-state index contributed by atoms with van der Waals surface area (Å²) in [6.45, 7) is 2.24. The Balaban J connectivity index is 1.54. The number of likely N-dealkylation sites (tertiary alicyclic amines) is 1. The maximum absolute atomic E-state index is 12.6. The zero-order valence-corrected chi connectivity index (χ0v) is 16.2. The molecule has 0 saturated carbocycles. The molecule has 8 nitrogen and oxygen atoms in total. The lowest BCUT2D eigenvalue weighted by atomic mass is 9.96. The second-order valence-electron chi connectivity index (χ2n) is 7.34. The molecule has 4 rings (SSSR count). The summed E-state index contributed by atoms with van der Waals surface area (Å²) in [5, 5.41) is 18.7. The summed E-state index contributed by atoms with van der Waals surface area (Å²) in [6, 6.07) is 7.66. The highest BCUT2D eigenvalue weighted by atomic mass is 16.5. The van der Waals surface area contributed by atoms with E-state index < -0.39 is 0 Å². The van der Waals surface area contributed by atoms with Crippen molar-refractivity contribution < 1.29 is 9.84 Å². The lowest BCUT2D eigenvalue weighted by Crippen LogP contribution is -2.36. The molecule has 0 radical (unpaired) electrons. The Bertz CT molecular complexity index is 1040. The van der Waals surface area contributed by atoms with Crippen LogP contribution in [-0.2, 0) is 20.2 Å². The molecule has 2 aromatic heterocycles. The molecule has 0 spiro atoms. The van der Waals surface area contributed by atoms with Gasteiger partial charge in [0.05, 0.1) is 12.6 Å². The van der Waals surface area contributed by atoms with Gasteiger partial charge in [0, 0.05) is 37.7 Å². The molecule has 3 aromatic rings. The van der Waals surface area contributed by atoms with Crippen molar-refractivity contribution >= 4 is 10.9 Å². The number of H-pyrrole nitrogens is 1. The van der Waals surface area contributed by atoms with Crippen LogP contribution in [0.1, 0.15) is 36.0 Å². The fraction of sp³-hybridized carbons (Fsp3) is 0.450. The van der Waals surface area contributed by atoms with E-state index in [1.165, 1.54) is 0 Å². The van der Waals surface area contributed by atoms with Gasteiger partial charge >= 0.3 is 0 Å². The van der Waals surface area contributed by atoms with Gasteiger partial charge in [0.25, 0.3) is 5.56 Å². The van der Waals surface area contributed by atoms with Gasteiger partial charge < -0.3 is 19.4 Å². The molecule has 1 saturated heterocycles. The third kappa shape index (κ3) is 3.53. The molecule has 1 aliphatic rings. The second kappa shape index (κ2) is 7.73. The van der Waals surface area contributed by atoms with Crippen molar-refractivity contribution in [2.24, 2.45) is 7.05 Å². The highest BCUT2D eigenvalue weighted by molar-refractivity contribution is 5.80. The Morgan fingerprint density at radius 2 is 2.18 bits per heavy atom. The Morgan fingerprint density at radius 3 is 2.93 bits per heavy atom. The highest BCUT2D eigenvalue weighted by Crippen LogP contribution is 2.27. The first kappa shape index (κ1) is 18.6. The number of nitrogens with one attached hydrogen (secondary N) is 1. The molecular weight excluding hydrogens is 358 g/mol. The number of nitrogens with zero attached hydrogens (tertiary/aromatic N) is 4. The molecule has 1 atom stereocenters. The predicted molar refractivity (Wildman–Crippen MR) is 105 cm³/mol. The topological polar surface area (TPSA) is 96.3 Å². The van der Waals surface area contributed by atoms with E-state index in [1.807, 2.05) is 35.9 Å². The first-order valence-electron chi connectivity index (χ1n) is 9.50. The van der Waals surface area contributed by atoms with E-state index in [1.54, 1.807) is 7.11 Å². The largest absolute Gasteiger partial charge is 0.497 e. The summed E-state index contributed by atoms with van der Waals surface area (Å²) in [5.41, 5.74) is 1.47. The molecule has 1 aromatic carbocycles. The Kier molecular flexibility index (Phi) is 5.15. The molecule has 2 N–H and O–H groups in total. The molecule has 8 heteroatoms. The van der Waals surface area contributed by atoms with Gasteiger partial charge in [-0.1, -0.05) is 0 Å². The predicted octanol–water partition coefficient (Wildman–Crippen LogP) is 1.54. The van der Waals surface area contributed by atoms with E-state index in [2.05, 4.69) is 20.1 Å². The van der Waals surface area contributed by atoms with E-state index in [9.17, 15) is 9.90 Å². The lowest BCUT2D eigenvalue weighted by molar-refractivity contribution is 0.194. The van der Waals surface area contributed by atoms with Crippen LogP contribution < -0.4 is 10.3 Å². The summed E-state index contributed by atoms with van der Waals surface area (Å²) in [4.78, 5) is 17.8. The summed E-state index contributed by atoms with van der Waals surface area (Å²) < 4.78 is 7.11. The van der Waals surface area contributed by atoms with Crippen LogP contribution in [0.4, 0.5) is 0 Å². The van der Waals surface area contributed by atoms with Crippen LogP contribution in [0.15, 0.2) is 29.1 Å². The number of hydrogen-bond donors (Lipinski definition) is 2. The quantitative estimate of drug-likeness (QED) is 0.694. The summed E-state index contributed by atoms with van der Waals surface area (Å²) in [7, 11) is 3.50. The lowest BCUT2D eigenvalue weighted by Gasteiger charge is -2.32. The molecule has 3 heterocycles. The monoisotopic (exact) mass is 383 g/mol. The first-order valence-corrected chi connectivity index (χ1v) is 9.50. The van der Waals surface area contributed by atoms with Crippen molar-refractivity contribution in [2.45, 2.75) is 31.9 Å². The maximum Gasteiger partial charge on any atom is 0.252 e. The van der Waals surface area contributed by atoms with E-state index in [0.717, 1.165) is 54.0 Å². The second-order valence-corrected chi connectivity index (χ2v) is 7.34. The summed E-state index contributed by atoms with van der Waals surface area (Å²) >= 11 is 0. The number of methoxy groups -OCH3 is 1. The van der Waals surface area contributed by atoms with Gasteiger partial charge in [-0.2, -0.15) is 0 Å². The smallest absolute Gasteiger partial charge is 0.252 e. The van der Waals surface area contributed by atoms with Gasteiger partial charge in [0.1, 0.15) is 18.2 Å². The molecule has 28 heavy (non-hydrogen) atoms. The van der Waals surface area contributed by atoms with E-state index >= 15 is 0 Å². The first-order chi connectivity index (χ1) is 13.6. The number of ether oxygens (including phenoxy) is 1. The Morgan fingerprint density at radius 1 is 1.32 bits per heavy atom. The van der Waals surface area contributed by atoms with Crippen molar-refractivity contribution in [1.29, 1.82) is 0 Å². The van der Waals surface area contributed by atoms with Crippen LogP contribution in [0.2, 0.25) is 0 Å². The van der Waals surface area contributed by atoms with Crippen molar-refractivity contribution in [2.75, 3.05) is 20.2 Å². The van der Waals surface area contributed by atoms with Crippen molar-refractivity contribution in [3.8, 4) is 5.75 Å². The third-order valence-electron chi connectivity index (χ3n) is 5.53. The average molecular weight is 383 g/mol. The zero-order valence-electron chi connectivity index (χ0n) is 16.2. The van der Waals surface area contributed by atoms with E-state index in [4.69, 9.17) is 4.74 Å². The number of fused-ring (bicyclic) bond motifs is 1. The normalized spacial score (nSPS) is 17.9. The zero-order chi connectivity index (χ0) is 19.7. The highest BCUT2D eigenvalue weighted by Gasteiger charge is 2.26. The van der Waals surface area contributed by atoms with E-state index in [0.29, 0.717) is 12.4 Å². The van der Waals surface area contributed by atoms with E-state index in [-0.39, 0.29) is 18.1 Å². The maximum atomic E-state index is 12.6. The number of rotatable bonds is 5. The minimum absolute atomic E-state index is 0.0656. The van der Waals surface area contributed by atoms with Gasteiger partial charge in [-0.25, -0.2) is 0 Å². The minimum Gasteiger partial charge on any atom is -0.497 e. The number of aromatic nitrogens is 4. The molecular formula is C20H25N5O3. The van der Waals surface area contributed by atoms with Crippen molar-refractivity contribution in [3.63, 3.8) is 0 Å². The Hall–Kier alpha value is -2.71. The van der Waals surface area contributed by atoms with Crippen LogP contribution in [0.5, 0.6) is 5.75 Å². The fourth-order valence-electron chi connectivity index (χ4n) is 3.99. The van der Waals surface area contributed by atoms with Gasteiger partial charge in [-0.05, 0) is 43.0 Å². The number of pyridine rings is 1. The van der Waals surface area contributed by atoms with Gasteiger partial charge in [0.15, 0.2) is 5.82 Å². The standard InChI is InChI=1S/C20H25N5O3/c1-24-18(12-26)22-23-19(24)14-4-3-7-25(10-14)11-15-8-13-5-6-16(28-2)9-17(13)21-20(15)27/h5-6,8-9,14,26H,3-4,7,10-12H2,1-2H3,(H,21,27). The molecule has 0 aliphatic carbocycles. The molecule has 0 bridgehead atoms. The van der Waals surface area contributed by atoms with Crippen LogP contribution >= 0.6 is 0 Å². The average Bonchev–Trinajstić information content (AvgIpc) is 3.09. The third-order valence-corrected chi connectivity index (χ3v) is 5.53. The number of benzene rings is 1. The summed E-state index contributed by atoms with van der Waals surface area (Å²) in [5.74, 6) is 2.44. The van der Waals surface area contributed by atoms with Gasteiger partial charge in [-0.15, -0.1) is 10.2 Å². The number of aliphatic hydroxyl groups excluding tert-OH is 1. The summed E-state index contributed by atoms with van der Waals surface area (Å²) in [6.07, 6.45) is 2.07. The number of hydrogen-bond acceptors (Lipinski definition) is 6. The minimum atomic E-state index is -0.114. The molecule has 1 fully saturated rings. The van der Waals surface area contributed by atoms with Crippen LogP contribution in [0.25, 0.3) is 10.9 Å². The molecule has 1 unspecified atom stereocenters. The Labute approximate surface area is 162 Å². The molecule has 1 aliphatic heterocycles. The molecule has 0 amide bonds. The van der Waals surface area contributed by atoms with Crippen molar-refractivity contribution in [1.82, 2.24) is 24.6 Å². The fourth-order valence-corrected chi connectivity index (χ4v) is 3.99. The van der Waals surface area contributed by atoms with Crippen LogP contribution in [0.3, 0.4) is 0 Å².